The third-order valence-corrected chi connectivity index (χ3v) is 8.70. The summed E-state index contributed by atoms with van der Waals surface area (Å²) in [4.78, 5) is 40.0. The van der Waals surface area contributed by atoms with Gasteiger partial charge in [-0.05, 0) is 42.5 Å². The number of amides is 1. The number of carbonyl (C=O) groups excluding carboxylic acids is 1. The first-order valence-corrected chi connectivity index (χ1v) is 15.6. The Kier molecular flexibility index (Phi) is 8.81. The molecule has 13 nitrogen and oxygen atoms in total. The van der Waals surface area contributed by atoms with E-state index in [9.17, 15) is 10.1 Å². The molecule has 4 aromatic rings. The molecule has 3 fully saturated rings. The number of nitriles is 1. The van der Waals surface area contributed by atoms with E-state index < -0.39 is 12.3 Å². The molecule has 2 aromatic heterocycles. The van der Waals surface area contributed by atoms with Crippen molar-refractivity contribution in [3.63, 3.8) is 0 Å². The first kappa shape index (κ1) is 30.4. The second-order valence-corrected chi connectivity index (χ2v) is 11.6. The molecule has 3 aliphatic heterocycles. The molecule has 3 saturated heterocycles. The van der Waals surface area contributed by atoms with Crippen molar-refractivity contribution in [2.45, 2.75) is 24.7 Å². The van der Waals surface area contributed by atoms with Gasteiger partial charge in [0, 0.05) is 68.5 Å². The summed E-state index contributed by atoms with van der Waals surface area (Å²) in [5.74, 6) is 0.606. The van der Waals surface area contributed by atoms with E-state index >= 15 is 4.39 Å². The zero-order valence-electron chi connectivity index (χ0n) is 25.6. The average molecular weight is 637 g/mol. The summed E-state index contributed by atoms with van der Waals surface area (Å²) in [6.07, 6.45) is 3.66. The van der Waals surface area contributed by atoms with Gasteiger partial charge in [-0.1, -0.05) is 0 Å². The van der Waals surface area contributed by atoms with Crippen molar-refractivity contribution in [3.05, 3.63) is 78.6 Å². The Morgan fingerprint density at radius 1 is 1.02 bits per heavy atom. The lowest BCUT2D eigenvalue weighted by Crippen LogP contribution is -2.56. The molecule has 0 radical (unpaired) electrons. The summed E-state index contributed by atoms with van der Waals surface area (Å²) >= 11 is 0. The minimum absolute atomic E-state index is 0.142. The molecule has 2 unspecified atom stereocenters. The summed E-state index contributed by atoms with van der Waals surface area (Å²) in [5, 5.41) is 13.1. The number of piperidine rings is 1. The van der Waals surface area contributed by atoms with Gasteiger partial charge in [0.1, 0.15) is 29.9 Å². The molecule has 5 heterocycles. The highest BCUT2D eigenvalue weighted by molar-refractivity contribution is 5.92. The molecule has 14 heteroatoms. The Morgan fingerprint density at radius 2 is 1.85 bits per heavy atom. The molecule has 2 atom stereocenters. The van der Waals surface area contributed by atoms with Crippen LogP contribution in [-0.2, 0) is 4.74 Å². The van der Waals surface area contributed by atoms with Gasteiger partial charge in [-0.2, -0.15) is 10.2 Å². The van der Waals surface area contributed by atoms with Crippen molar-refractivity contribution in [1.29, 1.82) is 5.26 Å². The van der Waals surface area contributed by atoms with Crippen molar-refractivity contribution < 1.29 is 18.7 Å². The number of aromatic nitrogens is 5. The average Bonchev–Trinajstić information content (AvgIpc) is 3.09. The number of likely N-dealkylation sites (tertiary alicyclic amines) is 1. The third-order valence-electron chi connectivity index (χ3n) is 8.70. The second-order valence-electron chi connectivity index (χ2n) is 11.6. The van der Waals surface area contributed by atoms with Crippen LogP contribution in [0.1, 0.15) is 22.5 Å². The fourth-order valence-electron chi connectivity index (χ4n) is 5.95. The van der Waals surface area contributed by atoms with Gasteiger partial charge in [0.25, 0.3) is 5.91 Å². The molecule has 0 spiro atoms. The summed E-state index contributed by atoms with van der Waals surface area (Å²) < 4.78 is 26.4. The number of hydrogen-bond acceptors (Lipinski definition) is 12. The van der Waals surface area contributed by atoms with E-state index in [1.165, 1.54) is 35.5 Å². The predicted molar refractivity (Wildman–Crippen MR) is 170 cm³/mol. The van der Waals surface area contributed by atoms with E-state index in [2.05, 4.69) is 58.2 Å². The SMILES string of the molecule is N#Cc1cc(-c2ncnc(Nc3ccc(N4CCN(C5COC5)CC4)cc3)n2)ccc1OC1CCN(C(=O)c2cnccn2)CC1F. The highest BCUT2D eigenvalue weighted by Crippen LogP contribution is 2.29. The largest absolute Gasteiger partial charge is 0.486 e. The van der Waals surface area contributed by atoms with E-state index in [-0.39, 0.29) is 42.4 Å². The Hall–Kier alpha value is -5.26. The Balaban J connectivity index is 0.965. The van der Waals surface area contributed by atoms with Crippen molar-refractivity contribution in [2.24, 2.45) is 0 Å². The van der Waals surface area contributed by atoms with Crippen molar-refractivity contribution in [1.82, 2.24) is 34.7 Å². The lowest BCUT2D eigenvalue weighted by molar-refractivity contribution is -0.0660. The van der Waals surface area contributed by atoms with Gasteiger partial charge in [0.15, 0.2) is 12.0 Å². The molecule has 3 aliphatic rings. The first-order valence-electron chi connectivity index (χ1n) is 15.6. The summed E-state index contributed by atoms with van der Waals surface area (Å²) in [6.45, 7) is 5.86. The predicted octanol–water partition coefficient (Wildman–Crippen LogP) is 3.10. The maximum absolute atomic E-state index is 15.2. The minimum atomic E-state index is -1.44. The molecule has 1 N–H and O–H groups in total. The van der Waals surface area contributed by atoms with Gasteiger partial charge in [0.2, 0.25) is 5.95 Å². The summed E-state index contributed by atoms with van der Waals surface area (Å²) in [6, 6.07) is 15.8. The molecule has 0 aliphatic carbocycles. The van der Waals surface area contributed by atoms with E-state index in [1.54, 1.807) is 18.2 Å². The topological polar surface area (TPSA) is 146 Å². The first-order chi connectivity index (χ1) is 23.0. The number of alkyl halides is 1. The van der Waals surface area contributed by atoms with Crippen LogP contribution < -0.4 is 15.0 Å². The van der Waals surface area contributed by atoms with Gasteiger partial charge < -0.3 is 24.6 Å². The molecule has 2 aromatic carbocycles. The van der Waals surface area contributed by atoms with Gasteiger partial charge in [0.05, 0.1) is 37.6 Å². The Bertz CT molecular complexity index is 1740. The van der Waals surface area contributed by atoms with E-state index in [1.807, 2.05) is 12.1 Å². The molecule has 47 heavy (non-hydrogen) atoms. The number of nitrogens with zero attached hydrogens (tertiary/aromatic N) is 9. The zero-order chi connectivity index (χ0) is 32.2. The minimum Gasteiger partial charge on any atom is -0.486 e. The monoisotopic (exact) mass is 636 g/mol. The third kappa shape index (κ3) is 6.81. The molecule has 7 rings (SSSR count). The van der Waals surface area contributed by atoms with Gasteiger partial charge in [-0.15, -0.1) is 0 Å². The van der Waals surface area contributed by atoms with Crippen LogP contribution >= 0.6 is 0 Å². The number of ether oxygens (including phenoxy) is 2. The van der Waals surface area contributed by atoms with Crippen LogP contribution in [0.4, 0.5) is 21.7 Å². The number of carbonyl (C=O) groups is 1. The molecular weight excluding hydrogens is 603 g/mol. The van der Waals surface area contributed by atoms with Gasteiger partial charge in [-0.25, -0.2) is 19.3 Å². The maximum Gasteiger partial charge on any atom is 0.274 e. The van der Waals surface area contributed by atoms with E-state index in [0.717, 1.165) is 45.1 Å². The smallest absolute Gasteiger partial charge is 0.274 e. The normalized spacial score (nSPS) is 20.3. The Morgan fingerprint density at radius 3 is 2.55 bits per heavy atom. The number of halogens is 1. The van der Waals surface area contributed by atoms with Crippen LogP contribution in [0.5, 0.6) is 5.75 Å². The molecule has 240 valence electrons. The number of rotatable bonds is 8. The van der Waals surface area contributed by atoms with Crippen LogP contribution in [0.2, 0.25) is 0 Å². The zero-order valence-corrected chi connectivity index (χ0v) is 25.6. The molecule has 1 amide bonds. The second kappa shape index (κ2) is 13.6. The van der Waals surface area contributed by atoms with Crippen LogP contribution in [0.25, 0.3) is 11.4 Å². The quantitative estimate of drug-likeness (QED) is 0.303. The van der Waals surface area contributed by atoms with Crippen molar-refractivity contribution in [2.75, 3.05) is 62.7 Å². The number of hydrogen-bond donors (Lipinski definition) is 1. The van der Waals surface area contributed by atoms with Crippen molar-refractivity contribution in [3.8, 4) is 23.2 Å². The lowest BCUT2D eigenvalue weighted by Gasteiger charge is -2.43. The fraction of sp³-hybridized carbons (Fsp3) is 0.364. The van der Waals surface area contributed by atoms with Crippen LogP contribution in [0.15, 0.2) is 67.4 Å². The molecule has 0 bridgehead atoms. The number of nitrogens with one attached hydrogen (secondary N) is 1. The van der Waals surface area contributed by atoms with Crippen LogP contribution in [0.3, 0.4) is 0 Å². The van der Waals surface area contributed by atoms with Crippen LogP contribution in [-0.4, -0.2) is 111 Å². The number of piperazine rings is 1. The number of anilines is 3. The maximum atomic E-state index is 15.2. The van der Waals surface area contributed by atoms with Gasteiger partial charge >= 0.3 is 0 Å². The van der Waals surface area contributed by atoms with Crippen molar-refractivity contribution >= 4 is 23.2 Å². The van der Waals surface area contributed by atoms with Crippen LogP contribution in [0, 0.1) is 11.3 Å². The number of benzene rings is 2. The summed E-state index contributed by atoms with van der Waals surface area (Å²) in [7, 11) is 0. The fourth-order valence-corrected chi connectivity index (χ4v) is 5.95. The lowest BCUT2D eigenvalue weighted by atomic mass is 10.0. The summed E-state index contributed by atoms with van der Waals surface area (Å²) in [5.41, 5.74) is 2.98. The Labute approximate surface area is 271 Å². The van der Waals surface area contributed by atoms with E-state index in [4.69, 9.17) is 9.47 Å². The van der Waals surface area contributed by atoms with Gasteiger partial charge in [-0.3, -0.25) is 14.7 Å². The highest BCUT2D eigenvalue weighted by Gasteiger charge is 2.34. The standard InChI is InChI=1S/C33H33FN10O3/c34-27-18-44(32(45)28-17-36-8-9-37-28)10-7-30(27)47-29-6-1-22(15-23(29)16-35)31-38-21-39-33(41-31)40-24-2-4-25(5-3-24)42-11-13-43(14-12-42)26-19-46-20-26/h1-6,8-9,15,17,21,26-27,30H,7,10-14,18-20H2,(H,38,39,40,41). The molecular formula is C33H33FN10O3. The van der Waals surface area contributed by atoms with E-state index in [0.29, 0.717) is 23.4 Å². The highest BCUT2D eigenvalue weighted by atomic mass is 19.1. The molecule has 0 saturated carbocycles.